The number of ether oxygens (including phenoxy) is 2. The van der Waals surface area contributed by atoms with Crippen LogP contribution in [0.3, 0.4) is 0 Å². The van der Waals surface area contributed by atoms with E-state index in [2.05, 4.69) is 5.32 Å². The summed E-state index contributed by atoms with van der Waals surface area (Å²) in [5, 5.41) is 3.32. The van der Waals surface area contributed by atoms with Crippen LogP contribution in [0, 0.1) is 0 Å². The molecule has 0 aliphatic heterocycles. The number of halogens is 1. The van der Waals surface area contributed by atoms with Crippen LogP contribution < -0.4 is 10.1 Å². The number of carbonyl (C=O) groups is 2. The zero-order chi connectivity index (χ0) is 19.8. The highest BCUT2D eigenvalue weighted by Crippen LogP contribution is 2.23. The molecule has 0 aliphatic rings. The monoisotopic (exact) mass is 389 g/mol. The SMILES string of the molecule is COc1ccc(Cl)cc1CC(=O)O[C@H](C)C(=O)NC[C@H](C)c1ccccc1. The van der Waals surface area contributed by atoms with Crippen molar-refractivity contribution in [3.63, 3.8) is 0 Å². The molecule has 2 aromatic carbocycles. The predicted molar refractivity (Wildman–Crippen MR) is 105 cm³/mol. The molecule has 2 atom stereocenters. The number of amides is 1. The Balaban J connectivity index is 1.85. The first-order chi connectivity index (χ1) is 12.9. The van der Waals surface area contributed by atoms with Gasteiger partial charge in [-0.1, -0.05) is 48.9 Å². The summed E-state index contributed by atoms with van der Waals surface area (Å²) >= 11 is 5.96. The molecular formula is C21H24ClNO4. The lowest BCUT2D eigenvalue weighted by atomic mass is 10.0. The lowest BCUT2D eigenvalue weighted by Crippen LogP contribution is -2.37. The van der Waals surface area contributed by atoms with E-state index in [0.717, 1.165) is 5.56 Å². The summed E-state index contributed by atoms with van der Waals surface area (Å²) in [6.45, 7) is 4.04. The number of benzene rings is 2. The number of hydrogen-bond acceptors (Lipinski definition) is 4. The zero-order valence-electron chi connectivity index (χ0n) is 15.7. The second-order valence-corrected chi connectivity index (χ2v) is 6.76. The van der Waals surface area contributed by atoms with Crippen molar-refractivity contribution in [3.05, 3.63) is 64.7 Å². The maximum absolute atomic E-state index is 12.2. The summed E-state index contributed by atoms with van der Waals surface area (Å²) in [6.07, 6.45) is -0.910. The van der Waals surface area contributed by atoms with E-state index in [9.17, 15) is 9.59 Å². The van der Waals surface area contributed by atoms with E-state index in [0.29, 0.717) is 22.9 Å². The van der Waals surface area contributed by atoms with Crippen molar-refractivity contribution in [2.45, 2.75) is 32.3 Å². The van der Waals surface area contributed by atoms with Crippen molar-refractivity contribution in [1.29, 1.82) is 0 Å². The minimum atomic E-state index is -0.884. The Morgan fingerprint density at radius 1 is 1.11 bits per heavy atom. The fourth-order valence-corrected chi connectivity index (χ4v) is 2.82. The smallest absolute Gasteiger partial charge is 0.311 e. The minimum absolute atomic E-state index is 0.0260. The molecule has 27 heavy (non-hydrogen) atoms. The number of carbonyl (C=O) groups excluding carboxylic acids is 2. The molecule has 0 aliphatic carbocycles. The molecular weight excluding hydrogens is 366 g/mol. The molecule has 0 radical (unpaired) electrons. The van der Waals surface area contributed by atoms with Gasteiger partial charge >= 0.3 is 5.97 Å². The highest BCUT2D eigenvalue weighted by molar-refractivity contribution is 6.30. The molecule has 0 unspecified atom stereocenters. The van der Waals surface area contributed by atoms with Crippen LogP contribution in [0.4, 0.5) is 0 Å². The quantitative estimate of drug-likeness (QED) is 0.698. The topological polar surface area (TPSA) is 64.6 Å². The van der Waals surface area contributed by atoms with Crippen molar-refractivity contribution >= 4 is 23.5 Å². The second kappa shape index (κ2) is 9.97. The first-order valence-electron chi connectivity index (χ1n) is 8.75. The van der Waals surface area contributed by atoms with Gasteiger partial charge in [-0.2, -0.15) is 0 Å². The first kappa shape index (κ1) is 20.8. The van der Waals surface area contributed by atoms with Crippen molar-refractivity contribution < 1.29 is 19.1 Å². The summed E-state index contributed by atoms with van der Waals surface area (Å²) in [4.78, 5) is 24.4. The first-order valence-corrected chi connectivity index (χ1v) is 9.13. The van der Waals surface area contributed by atoms with Gasteiger partial charge in [0.25, 0.3) is 5.91 Å². The van der Waals surface area contributed by atoms with Gasteiger partial charge in [-0.05, 0) is 36.6 Å². The highest BCUT2D eigenvalue weighted by atomic mass is 35.5. The Morgan fingerprint density at radius 3 is 2.48 bits per heavy atom. The van der Waals surface area contributed by atoms with Crippen LogP contribution in [0.15, 0.2) is 48.5 Å². The summed E-state index contributed by atoms with van der Waals surface area (Å²) in [5.41, 5.74) is 1.75. The fraction of sp³-hybridized carbons (Fsp3) is 0.333. The molecule has 6 heteroatoms. The van der Waals surface area contributed by atoms with E-state index in [1.54, 1.807) is 25.1 Å². The van der Waals surface area contributed by atoms with E-state index < -0.39 is 12.1 Å². The third-order valence-corrected chi connectivity index (χ3v) is 4.44. The third kappa shape index (κ3) is 6.29. The minimum Gasteiger partial charge on any atom is -0.496 e. The summed E-state index contributed by atoms with van der Waals surface area (Å²) < 4.78 is 10.5. The molecule has 144 valence electrons. The summed E-state index contributed by atoms with van der Waals surface area (Å²) in [7, 11) is 1.52. The Labute approximate surface area is 164 Å². The molecule has 2 aromatic rings. The molecule has 0 saturated heterocycles. The molecule has 0 heterocycles. The Morgan fingerprint density at radius 2 is 1.81 bits per heavy atom. The van der Waals surface area contributed by atoms with Gasteiger partial charge in [0.2, 0.25) is 0 Å². The van der Waals surface area contributed by atoms with Crippen molar-refractivity contribution in [2.75, 3.05) is 13.7 Å². The Kier molecular flexibility index (Phi) is 7.67. The van der Waals surface area contributed by atoms with Crippen molar-refractivity contribution in [3.8, 4) is 5.75 Å². The normalized spacial score (nSPS) is 12.7. The van der Waals surface area contributed by atoms with E-state index >= 15 is 0 Å². The lowest BCUT2D eigenvalue weighted by molar-refractivity contribution is -0.154. The Hall–Kier alpha value is -2.53. The molecule has 0 bridgehead atoms. The lowest BCUT2D eigenvalue weighted by Gasteiger charge is -2.17. The summed E-state index contributed by atoms with van der Waals surface area (Å²) in [5.74, 6) is -0.141. The van der Waals surface area contributed by atoms with Crippen LogP contribution >= 0.6 is 11.6 Å². The van der Waals surface area contributed by atoms with Crippen LogP contribution in [0.25, 0.3) is 0 Å². The van der Waals surface area contributed by atoms with Crippen LogP contribution in [0.5, 0.6) is 5.75 Å². The fourth-order valence-electron chi connectivity index (χ4n) is 2.63. The molecule has 0 spiro atoms. The maximum atomic E-state index is 12.2. The molecule has 0 aromatic heterocycles. The van der Waals surface area contributed by atoms with Crippen LogP contribution in [0.2, 0.25) is 5.02 Å². The van der Waals surface area contributed by atoms with Gasteiger partial charge in [0.15, 0.2) is 6.10 Å². The highest BCUT2D eigenvalue weighted by Gasteiger charge is 2.20. The van der Waals surface area contributed by atoms with Crippen molar-refractivity contribution in [1.82, 2.24) is 5.32 Å². The van der Waals surface area contributed by atoms with E-state index in [-0.39, 0.29) is 18.2 Å². The molecule has 1 N–H and O–H groups in total. The average molecular weight is 390 g/mol. The number of rotatable bonds is 8. The molecule has 5 nitrogen and oxygen atoms in total. The van der Waals surface area contributed by atoms with Gasteiger partial charge in [0.05, 0.1) is 13.5 Å². The third-order valence-electron chi connectivity index (χ3n) is 4.21. The number of methoxy groups -OCH3 is 1. The molecule has 1 amide bonds. The maximum Gasteiger partial charge on any atom is 0.311 e. The van der Waals surface area contributed by atoms with E-state index in [1.807, 2.05) is 37.3 Å². The summed E-state index contributed by atoms with van der Waals surface area (Å²) in [6, 6.07) is 14.9. The van der Waals surface area contributed by atoms with Crippen LogP contribution in [-0.4, -0.2) is 31.6 Å². The molecule has 0 fully saturated rings. The number of esters is 1. The number of hydrogen-bond donors (Lipinski definition) is 1. The molecule has 0 saturated carbocycles. The molecule has 2 rings (SSSR count). The van der Waals surface area contributed by atoms with E-state index in [1.165, 1.54) is 7.11 Å². The Bertz CT molecular complexity index is 779. The van der Waals surface area contributed by atoms with Gasteiger partial charge in [0, 0.05) is 17.1 Å². The van der Waals surface area contributed by atoms with Gasteiger partial charge < -0.3 is 14.8 Å². The zero-order valence-corrected chi connectivity index (χ0v) is 16.5. The van der Waals surface area contributed by atoms with E-state index in [4.69, 9.17) is 21.1 Å². The van der Waals surface area contributed by atoms with Crippen molar-refractivity contribution in [2.24, 2.45) is 0 Å². The average Bonchev–Trinajstić information content (AvgIpc) is 2.66. The van der Waals surface area contributed by atoms with Gasteiger partial charge in [-0.3, -0.25) is 9.59 Å². The predicted octanol–water partition coefficient (Wildman–Crippen LogP) is 3.74. The number of nitrogens with one attached hydrogen (secondary N) is 1. The van der Waals surface area contributed by atoms with Gasteiger partial charge in [0.1, 0.15) is 5.75 Å². The second-order valence-electron chi connectivity index (χ2n) is 6.32. The largest absolute Gasteiger partial charge is 0.496 e. The van der Waals surface area contributed by atoms with Crippen LogP contribution in [0.1, 0.15) is 30.9 Å². The van der Waals surface area contributed by atoms with Gasteiger partial charge in [-0.25, -0.2) is 0 Å². The standard InChI is InChI=1S/C21H24ClNO4/c1-14(16-7-5-4-6-8-16)13-23-21(25)15(2)27-20(24)12-17-11-18(22)9-10-19(17)26-3/h4-11,14-15H,12-13H2,1-3H3,(H,23,25)/t14-,15+/m0/s1. The van der Waals surface area contributed by atoms with Gasteiger partial charge in [-0.15, -0.1) is 0 Å². The van der Waals surface area contributed by atoms with Crippen LogP contribution in [-0.2, 0) is 20.7 Å².